The van der Waals surface area contributed by atoms with E-state index in [1.165, 1.54) is 4.88 Å². The summed E-state index contributed by atoms with van der Waals surface area (Å²) in [7, 11) is -1.46. The number of nitrogens with zero attached hydrogens (tertiary/aromatic N) is 1. The summed E-state index contributed by atoms with van der Waals surface area (Å²) in [6.07, 6.45) is 0.834. The number of aromatic nitrogens is 1. The van der Waals surface area contributed by atoms with Gasteiger partial charge in [-0.3, -0.25) is 0 Å². The fraction of sp³-hybridized carbons (Fsp3) is 0.308. The van der Waals surface area contributed by atoms with E-state index in [4.69, 9.17) is 4.74 Å². The van der Waals surface area contributed by atoms with Gasteiger partial charge in [0.2, 0.25) is 0 Å². The molecule has 2 aromatic rings. The van der Waals surface area contributed by atoms with Crippen LogP contribution in [-0.2, 0) is 17.8 Å². The monoisotopic (exact) mass is 277 g/mol. The van der Waals surface area contributed by atoms with E-state index < -0.39 is 7.12 Å². The average molecular weight is 277 g/mol. The third-order valence-electron chi connectivity index (χ3n) is 2.91. The summed E-state index contributed by atoms with van der Waals surface area (Å²) < 4.78 is 5.60. The van der Waals surface area contributed by atoms with Crippen LogP contribution < -0.4 is 5.46 Å². The molecule has 0 saturated heterocycles. The fourth-order valence-corrected chi connectivity index (χ4v) is 2.59. The van der Waals surface area contributed by atoms with Crippen LogP contribution in [0.4, 0.5) is 0 Å². The largest absolute Gasteiger partial charge is 0.488 e. The molecule has 6 heteroatoms. The van der Waals surface area contributed by atoms with Crippen molar-refractivity contribution in [3.63, 3.8) is 0 Å². The molecular weight excluding hydrogens is 261 g/mol. The first-order valence-corrected chi connectivity index (χ1v) is 6.97. The summed E-state index contributed by atoms with van der Waals surface area (Å²) >= 11 is 1.63. The fourth-order valence-electron chi connectivity index (χ4n) is 1.83. The summed E-state index contributed by atoms with van der Waals surface area (Å²) in [6, 6.07) is 7.17. The molecule has 1 heterocycles. The van der Waals surface area contributed by atoms with E-state index in [9.17, 15) is 10.0 Å². The highest BCUT2D eigenvalue weighted by Gasteiger charge is 2.14. The van der Waals surface area contributed by atoms with Gasteiger partial charge in [-0.1, -0.05) is 24.3 Å². The Balaban J connectivity index is 1.85. The van der Waals surface area contributed by atoms with Gasteiger partial charge in [0, 0.05) is 11.3 Å². The molecule has 19 heavy (non-hydrogen) atoms. The first kappa shape index (κ1) is 14.2. The molecule has 0 amide bonds. The Morgan fingerprint density at radius 2 is 2.11 bits per heavy atom. The molecule has 2 rings (SSSR count). The minimum absolute atomic E-state index is 0.381. The van der Waals surface area contributed by atoms with Gasteiger partial charge in [-0.15, -0.1) is 11.3 Å². The minimum atomic E-state index is -1.46. The van der Waals surface area contributed by atoms with Gasteiger partial charge in [-0.2, -0.15) is 0 Å². The Bertz CT molecular complexity index is 530. The molecule has 2 N–H and O–H groups in total. The van der Waals surface area contributed by atoms with Crippen LogP contribution in [0.25, 0.3) is 0 Å². The molecule has 0 aliphatic carbocycles. The van der Waals surface area contributed by atoms with Crippen LogP contribution >= 0.6 is 11.3 Å². The van der Waals surface area contributed by atoms with E-state index in [1.807, 2.05) is 24.6 Å². The van der Waals surface area contributed by atoms with Gasteiger partial charge < -0.3 is 14.8 Å². The van der Waals surface area contributed by atoms with Crippen molar-refractivity contribution in [2.75, 3.05) is 6.61 Å². The maximum Gasteiger partial charge on any atom is 0.488 e. The van der Waals surface area contributed by atoms with E-state index in [-0.39, 0.29) is 0 Å². The first-order valence-electron chi connectivity index (χ1n) is 6.09. The Morgan fingerprint density at radius 3 is 2.79 bits per heavy atom. The number of benzene rings is 1. The van der Waals surface area contributed by atoms with Crippen molar-refractivity contribution >= 4 is 23.9 Å². The van der Waals surface area contributed by atoms with Crippen molar-refractivity contribution in [3.05, 3.63) is 45.9 Å². The molecule has 0 aliphatic heterocycles. The minimum Gasteiger partial charge on any atom is -0.423 e. The lowest BCUT2D eigenvalue weighted by atomic mass is 9.77. The molecule has 0 aliphatic rings. The number of thiazole rings is 1. The SMILES string of the molecule is Cc1ncsc1CCOCc1ccccc1B(O)O. The second-order valence-corrected chi connectivity index (χ2v) is 5.18. The van der Waals surface area contributed by atoms with Crippen molar-refractivity contribution in [1.82, 2.24) is 4.98 Å². The second kappa shape index (κ2) is 6.82. The molecule has 0 radical (unpaired) electrons. The van der Waals surface area contributed by atoms with Gasteiger partial charge in [0.1, 0.15) is 0 Å². The summed E-state index contributed by atoms with van der Waals surface area (Å²) in [4.78, 5) is 5.42. The zero-order chi connectivity index (χ0) is 13.7. The Labute approximate surface area is 116 Å². The number of hydrogen-bond donors (Lipinski definition) is 2. The van der Waals surface area contributed by atoms with Gasteiger partial charge in [0.25, 0.3) is 0 Å². The van der Waals surface area contributed by atoms with Gasteiger partial charge in [-0.05, 0) is 17.9 Å². The standard InChI is InChI=1S/C13H16BNO3S/c1-10-13(19-9-15-10)6-7-18-8-11-4-2-3-5-12(11)14(16)17/h2-5,9,16-17H,6-8H2,1H3. The van der Waals surface area contributed by atoms with E-state index in [1.54, 1.807) is 23.5 Å². The molecule has 0 fully saturated rings. The van der Waals surface area contributed by atoms with Crippen LogP contribution in [0.2, 0.25) is 0 Å². The quantitative estimate of drug-likeness (QED) is 0.608. The second-order valence-electron chi connectivity index (χ2n) is 4.24. The number of aryl methyl sites for hydroxylation is 1. The lowest BCUT2D eigenvalue weighted by Crippen LogP contribution is -2.33. The van der Waals surface area contributed by atoms with Crippen LogP contribution in [0.5, 0.6) is 0 Å². The highest BCUT2D eigenvalue weighted by molar-refractivity contribution is 7.09. The van der Waals surface area contributed by atoms with E-state index in [0.29, 0.717) is 18.7 Å². The lowest BCUT2D eigenvalue weighted by Gasteiger charge is -2.09. The molecule has 0 spiro atoms. The van der Waals surface area contributed by atoms with Gasteiger partial charge in [0.15, 0.2) is 0 Å². The topological polar surface area (TPSA) is 62.6 Å². The van der Waals surface area contributed by atoms with Crippen LogP contribution in [0.15, 0.2) is 29.8 Å². The number of hydrogen-bond acceptors (Lipinski definition) is 5. The van der Waals surface area contributed by atoms with Crippen molar-refractivity contribution < 1.29 is 14.8 Å². The highest BCUT2D eigenvalue weighted by Crippen LogP contribution is 2.12. The predicted octanol–water partition coefficient (Wildman–Crippen LogP) is 0.891. The van der Waals surface area contributed by atoms with Crippen molar-refractivity contribution in [3.8, 4) is 0 Å². The Hall–Kier alpha value is -1.21. The number of ether oxygens (including phenoxy) is 1. The van der Waals surface area contributed by atoms with Gasteiger partial charge >= 0.3 is 7.12 Å². The van der Waals surface area contributed by atoms with Crippen molar-refractivity contribution in [2.24, 2.45) is 0 Å². The molecule has 100 valence electrons. The summed E-state index contributed by atoms with van der Waals surface area (Å²) in [6.45, 7) is 2.97. The maximum atomic E-state index is 9.24. The zero-order valence-corrected chi connectivity index (χ0v) is 11.6. The predicted molar refractivity (Wildman–Crippen MR) is 76.5 cm³/mol. The molecule has 1 aromatic heterocycles. The lowest BCUT2D eigenvalue weighted by molar-refractivity contribution is 0.124. The van der Waals surface area contributed by atoms with Crippen molar-refractivity contribution in [2.45, 2.75) is 20.0 Å². The maximum absolute atomic E-state index is 9.24. The summed E-state index contributed by atoms with van der Waals surface area (Å²) in [5.74, 6) is 0. The molecule has 0 atom stereocenters. The van der Waals surface area contributed by atoms with E-state index in [2.05, 4.69) is 4.98 Å². The van der Waals surface area contributed by atoms with E-state index >= 15 is 0 Å². The van der Waals surface area contributed by atoms with Crippen LogP contribution in [0.1, 0.15) is 16.1 Å². The van der Waals surface area contributed by atoms with Crippen molar-refractivity contribution in [1.29, 1.82) is 0 Å². The van der Waals surface area contributed by atoms with Gasteiger partial charge in [0.05, 0.1) is 24.4 Å². The van der Waals surface area contributed by atoms with Crippen LogP contribution in [0, 0.1) is 6.92 Å². The average Bonchev–Trinajstić information content (AvgIpc) is 2.80. The summed E-state index contributed by atoms with van der Waals surface area (Å²) in [5, 5.41) is 18.5. The molecular formula is C13H16BNO3S. The molecule has 1 aromatic carbocycles. The highest BCUT2D eigenvalue weighted by atomic mass is 32.1. The zero-order valence-electron chi connectivity index (χ0n) is 10.7. The summed E-state index contributed by atoms with van der Waals surface area (Å²) in [5.41, 5.74) is 4.19. The first-order chi connectivity index (χ1) is 9.18. The van der Waals surface area contributed by atoms with Crippen LogP contribution in [-0.4, -0.2) is 28.8 Å². The molecule has 0 saturated carbocycles. The van der Waals surface area contributed by atoms with Gasteiger partial charge in [-0.25, -0.2) is 4.98 Å². The van der Waals surface area contributed by atoms with Crippen LogP contribution in [0.3, 0.4) is 0 Å². The normalized spacial score (nSPS) is 10.7. The molecule has 0 unspecified atom stereocenters. The third kappa shape index (κ3) is 3.88. The molecule has 4 nitrogen and oxygen atoms in total. The molecule has 0 bridgehead atoms. The number of rotatable bonds is 6. The Kier molecular flexibility index (Phi) is 5.10. The smallest absolute Gasteiger partial charge is 0.423 e. The third-order valence-corrected chi connectivity index (χ3v) is 3.90. The van der Waals surface area contributed by atoms with E-state index in [0.717, 1.165) is 17.7 Å². The Morgan fingerprint density at radius 1 is 1.32 bits per heavy atom.